The molecule has 166 valence electrons. The molecule has 8 nitrogen and oxygen atoms in total. The second-order valence-corrected chi connectivity index (χ2v) is 10.2. The number of hydrogen-bond donors (Lipinski definition) is 0. The van der Waals surface area contributed by atoms with Gasteiger partial charge in [-0.15, -0.1) is 0 Å². The number of ether oxygens (including phenoxy) is 1. The monoisotopic (exact) mass is 451 g/mol. The molecule has 1 saturated heterocycles. The smallest absolute Gasteiger partial charge is 0.218 e. The van der Waals surface area contributed by atoms with Gasteiger partial charge in [-0.25, -0.2) is 23.4 Å². The zero-order valence-electron chi connectivity index (χ0n) is 17.9. The summed E-state index contributed by atoms with van der Waals surface area (Å²) >= 11 is 0. The van der Waals surface area contributed by atoms with E-state index >= 15 is 0 Å². The Kier molecular flexibility index (Phi) is 5.42. The van der Waals surface area contributed by atoms with Crippen LogP contribution in [0.15, 0.2) is 59.9 Å². The molecule has 32 heavy (non-hydrogen) atoms. The zero-order valence-corrected chi connectivity index (χ0v) is 18.7. The first-order chi connectivity index (χ1) is 15.5. The molecule has 0 N–H and O–H groups in total. The van der Waals surface area contributed by atoms with E-state index in [0.29, 0.717) is 10.8 Å². The number of sulfone groups is 1. The summed E-state index contributed by atoms with van der Waals surface area (Å²) in [6, 6.07) is 13.1. The fourth-order valence-corrected chi connectivity index (χ4v) is 4.97. The quantitative estimate of drug-likeness (QED) is 0.585. The zero-order chi connectivity index (χ0) is 22.1. The largest absolute Gasteiger partial charge is 0.474 e. The highest BCUT2D eigenvalue weighted by Gasteiger charge is 2.25. The number of anilines is 3. The summed E-state index contributed by atoms with van der Waals surface area (Å²) in [5.41, 5.74) is 1.99. The van der Waals surface area contributed by atoms with E-state index in [1.165, 1.54) is 12.6 Å². The van der Waals surface area contributed by atoms with Gasteiger partial charge < -0.3 is 14.5 Å². The van der Waals surface area contributed by atoms with Crippen LogP contribution in [0.5, 0.6) is 5.88 Å². The van der Waals surface area contributed by atoms with Gasteiger partial charge >= 0.3 is 0 Å². The first-order valence-corrected chi connectivity index (χ1v) is 12.6. The van der Waals surface area contributed by atoms with Crippen molar-refractivity contribution in [1.29, 1.82) is 0 Å². The van der Waals surface area contributed by atoms with Gasteiger partial charge in [0.05, 0.1) is 4.90 Å². The minimum atomic E-state index is -3.22. The number of piperidine rings is 1. The molecule has 0 atom stereocenters. The lowest BCUT2D eigenvalue weighted by atomic mass is 10.1. The maximum absolute atomic E-state index is 11.9. The van der Waals surface area contributed by atoms with Crippen LogP contribution >= 0.6 is 0 Å². The molecule has 0 bridgehead atoms. The summed E-state index contributed by atoms with van der Waals surface area (Å²) < 4.78 is 29.9. The third-order valence-corrected chi connectivity index (χ3v) is 7.09. The van der Waals surface area contributed by atoms with Gasteiger partial charge in [0.2, 0.25) is 5.88 Å². The van der Waals surface area contributed by atoms with E-state index in [4.69, 9.17) is 4.74 Å². The molecule has 0 saturated carbocycles. The third kappa shape index (κ3) is 4.25. The minimum Gasteiger partial charge on any atom is -0.474 e. The first-order valence-electron chi connectivity index (χ1n) is 10.7. The van der Waals surface area contributed by atoms with Crippen molar-refractivity contribution >= 4 is 27.2 Å². The Bertz CT molecular complexity index is 1210. The van der Waals surface area contributed by atoms with E-state index < -0.39 is 9.84 Å². The third-order valence-electron chi connectivity index (χ3n) is 5.98. The van der Waals surface area contributed by atoms with Crippen molar-refractivity contribution in [3.63, 3.8) is 0 Å². The fraction of sp³-hybridized carbons (Fsp3) is 0.348. The second-order valence-electron chi connectivity index (χ2n) is 8.17. The molecule has 1 fully saturated rings. The van der Waals surface area contributed by atoms with Gasteiger partial charge in [-0.2, -0.15) is 0 Å². The number of nitrogens with zero attached hydrogens (tertiary/aromatic N) is 5. The summed E-state index contributed by atoms with van der Waals surface area (Å²) in [7, 11) is -3.22. The van der Waals surface area contributed by atoms with Crippen molar-refractivity contribution < 1.29 is 13.2 Å². The summed E-state index contributed by atoms with van der Waals surface area (Å²) in [6.07, 6.45) is 7.24. The molecule has 0 amide bonds. The summed E-state index contributed by atoms with van der Waals surface area (Å²) in [5.74, 6) is 2.32. The van der Waals surface area contributed by atoms with E-state index in [9.17, 15) is 8.42 Å². The number of rotatable bonds is 5. The Morgan fingerprint density at radius 1 is 0.969 bits per heavy atom. The van der Waals surface area contributed by atoms with Gasteiger partial charge in [-0.1, -0.05) is 6.07 Å². The normalized spacial score (nSPS) is 16.8. The van der Waals surface area contributed by atoms with Crippen molar-refractivity contribution in [3.8, 4) is 5.88 Å². The summed E-state index contributed by atoms with van der Waals surface area (Å²) in [5, 5.41) is 0. The van der Waals surface area contributed by atoms with E-state index in [1.54, 1.807) is 12.1 Å². The van der Waals surface area contributed by atoms with Crippen molar-refractivity contribution in [2.24, 2.45) is 0 Å². The predicted octanol–water partition coefficient (Wildman–Crippen LogP) is 3.02. The number of hydrogen-bond acceptors (Lipinski definition) is 8. The lowest BCUT2D eigenvalue weighted by Crippen LogP contribution is -2.38. The van der Waals surface area contributed by atoms with Crippen LogP contribution in [0.3, 0.4) is 0 Å². The average Bonchev–Trinajstić information content (AvgIpc) is 3.23. The van der Waals surface area contributed by atoms with E-state index in [2.05, 4.69) is 24.8 Å². The van der Waals surface area contributed by atoms with Crippen molar-refractivity contribution in [3.05, 3.63) is 60.6 Å². The molecule has 0 aliphatic carbocycles. The van der Waals surface area contributed by atoms with Crippen LogP contribution in [-0.2, 0) is 16.3 Å². The summed E-state index contributed by atoms with van der Waals surface area (Å²) in [6.45, 7) is 2.52. The van der Waals surface area contributed by atoms with Crippen LogP contribution in [0.4, 0.5) is 17.3 Å². The molecule has 1 aromatic carbocycles. The molecular weight excluding hydrogens is 426 g/mol. The summed E-state index contributed by atoms with van der Waals surface area (Å²) in [4.78, 5) is 17.9. The highest BCUT2D eigenvalue weighted by Crippen LogP contribution is 2.35. The number of benzene rings is 1. The Morgan fingerprint density at radius 3 is 2.56 bits per heavy atom. The Labute approximate surface area is 187 Å². The van der Waals surface area contributed by atoms with Gasteiger partial charge in [-0.05, 0) is 42.3 Å². The lowest BCUT2D eigenvalue weighted by Gasteiger charge is -2.32. The Morgan fingerprint density at radius 2 is 1.81 bits per heavy atom. The molecule has 5 rings (SSSR count). The van der Waals surface area contributed by atoms with Gasteiger partial charge in [0, 0.05) is 56.7 Å². The van der Waals surface area contributed by atoms with E-state index in [1.807, 2.05) is 36.5 Å². The van der Waals surface area contributed by atoms with Gasteiger partial charge in [-0.3, -0.25) is 0 Å². The van der Waals surface area contributed by atoms with Crippen LogP contribution in [0.2, 0.25) is 0 Å². The van der Waals surface area contributed by atoms with E-state index in [-0.39, 0.29) is 6.10 Å². The predicted molar refractivity (Wildman–Crippen MR) is 122 cm³/mol. The first kappa shape index (κ1) is 20.7. The molecule has 3 aromatic rings. The molecule has 0 radical (unpaired) electrons. The number of pyridine rings is 1. The molecule has 9 heteroatoms. The highest BCUT2D eigenvalue weighted by molar-refractivity contribution is 7.90. The van der Waals surface area contributed by atoms with Gasteiger partial charge in [0.25, 0.3) is 0 Å². The number of aromatic nitrogens is 3. The number of fused-ring (bicyclic) bond motifs is 1. The standard InChI is InChI=1S/C23H25N5O3S/c1-32(29,30)19-5-6-20-17(14-19)7-13-28(20)22-15-23(26-16-25-22)31-18-8-11-27(12-9-18)21-4-2-3-10-24-21/h2-6,10,14-16,18H,7-9,11-13H2,1H3. The average molecular weight is 452 g/mol. The maximum Gasteiger partial charge on any atom is 0.218 e. The van der Waals surface area contributed by atoms with Crippen LogP contribution in [-0.4, -0.2) is 55.4 Å². The molecule has 0 spiro atoms. The lowest BCUT2D eigenvalue weighted by molar-refractivity contribution is 0.163. The van der Waals surface area contributed by atoms with Crippen LogP contribution in [0.25, 0.3) is 0 Å². The molecule has 4 heterocycles. The highest BCUT2D eigenvalue weighted by atomic mass is 32.2. The Balaban J connectivity index is 1.27. The van der Waals surface area contributed by atoms with Crippen molar-refractivity contribution in [1.82, 2.24) is 15.0 Å². The molecule has 2 aliphatic heterocycles. The maximum atomic E-state index is 11.9. The molecule has 2 aromatic heterocycles. The topological polar surface area (TPSA) is 88.5 Å². The second kappa shape index (κ2) is 8.38. The Hall–Kier alpha value is -3.20. The van der Waals surface area contributed by atoms with Crippen LogP contribution in [0, 0.1) is 0 Å². The van der Waals surface area contributed by atoms with E-state index in [0.717, 1.165) is 61.8 Å². The SMILES string of the molecule is CS(=O)(=O)c1ccc2c(c1)CCN2c1cc(OC2CCN(c3ccccn3)CC2)ncn1. The van der Waals surface area contributed by atoms with Gasteiger partial charge in [0.1, 0.15) is 24.1 Å². The van der Waals surface area contributed by atoms with Crippen LogP contribution in [0.1, 0.15) is 18.4 Å². The van der Waals surface area contributed by atoms with Crippen molar-refractivity contribution in [2.45, 2.75) is 30.3 Å². The molecular formula is C23H25N5O3S. The molecule has 0 unspecified atom stereocenters. The van der Waals surface area contributed by atoms with Gasteiger partial charge in [0.15, 0.2) is 9.84 Å². The van der Waals surface area contributed by atoms with Crippen LogP contribution < -0.4 is 14.5 Å². The van der Waals surface area contributed by atoms with Crippen molar-refractivity contribution in [2.75, 3.05) is 35.7 Å². The fourth-order valence-electron chi connectivity index (χ4n) is 4.30. The minimum absolute atomic E-state index is 0.0981. The molecule has 2 aliphatic rings.